The molecule has 0 aromatic heterocycles. The van der Waals surface area contributed by atoms with E-state index in [0.29, 0.717) is 19.5 Å². The summed E-state index contributed by atoms with van der Waals surface area (Å²) in [6, 6.07) is 15.2. The molecule has 2 rings (SSSR count). The largest absolute Gasteiger partial charge is 0.496 e. The van der Waals surface area contributed by atoms with Crippen molar-refractivity contribution >= 4 is 6.03 Å². The van der Waals surface area contributed by atoms with Gasteiger partial charge in [0, 0.05) is 18.7 Å². The maximum absolute atomic E-state index is 11.9. The van der Waals surface area contributed by atoms with E-state index in [9.17, 15) is 4.79 Å². The third-order valence-electron chi connectivity index (χ3n) is 3.50. The van der Waals surface area contributed by atoms with E-state index in [2.05, 4.69) is 10.6 Å². The van der Waals surface area contributed by atoms with Crippen LogP contribution >= 0.6 is 0 Å². The Bertz CT molecular complexity index is 644. The lowest BCUT2D eigenvalue weighted by atomic mass is 10.1. The lowest BCUT2D eigenvalue weighted by molar-refractivity contribution is 0.240. The molecule has 5 heteroatoms. The van der Waals surface area contributed by atoms with Gasteiger partial charge in [0.2, 0.25) is 0 Å². The van der Waals surface area contributed by atoms with Crippen molar-refractivity contribution < 1.29 is 14.3 Å². The SMILES string of the molecule is COc1ccccc1CCNC(=O)NCc1ccccc1OC. The molecule has 0 spiro atoms. The second kappa shape index (κ2) is 8.68. The van der Waals surface area contributed by atoms with Crippen LogP contribution < -0.4 is 20.1 Å². The smallest absolute Gasteiger partial charge is 0.315 e. The predicted octanol–water partition coefficient (Wildman–Crippen LogP) is 2.75. The first kappa shape index (κ1) is 16.7. The Balaban J connectivity index is 1.77. The number of hydrogen-bond donors (Lipinski definition) is 2. The molecule has 0 bridgehead atoms. The zero-order valence-corrected chi connectivity index (χ0v) is 13.5. The van der Waals surface area contributed by atoms with Crippen molar-refractivity contribution in [2.75, 3.05) is 20.8 Å². The van der Waals surface area contributed by atoms with Crippen LogP contribution in [0.2, 0.25) is 0 Å². The van der Waals surface area contributed by atoms with Gasteiger partial charge in [-0.05, 0) is 24.1 Å². The minimum absolute atomic E-state index is 0.203. The van der Waals surface area contributed by atoms with E-state index in [-0.39, 0.29) is 6.03 Å². The molecule has 5 nitrogen and oxygen atoms in total. The number of nitrogens with one attached hydrogen (secondary N) is 2. The number of benzene rings is 2. The molecule has 0 aliphatic carbocycles. The first-order chi connectivity index (χ1) is 11.2. The van der Waals surface area contributed by atoms with E-state index < -0.39 is 0 Å². The minimum Gasteiger partial charge on any atom is -0.496 e. The highest BCUT2D eigenvalue weighted by atomic mass is 16.5. The number of ether oxygens (including phenoxy) is 2. The number of hydrogen-bond acceptors (Lipinski definition) is 3. The van der Waals surface area contributed by atoms with Crippen LogP contribution in [0.3, 0.4) is 0 Å². The van der Waals surface area contributed by atoms with E-state index in [1.54, 1.807) is 14.2 Å². The summed E-state index contributed by atoms with van der Waals surface area (Å²) < 4.78 is 10.5. The van der Waals surface area contributed by atoms with Crippen LogP contribution in [0.25, 0.3) is 0 Å². The van der Waals surface area contributed by atoms with Crippen molar-refractivity contribution in [1.82, 2.24) is 10.6 Å². The summed E-state index contributed by atoms with van der Waals surface area (Å²) in [7, 11) is 3.26. The van der Waals surface area contributed by atoms with Crippen molar-refractivity contribution in [3.8, 4) is 11.5 Å². The van der Waals surface area contributed by atoms with Gasteiger partial charge in [0.25, 0.3) is 0 Å². The van der Waals surface area contributed by atoms with Crippen LogP contribution in [0.5, 0.6) is 11.5 Å². The van der Waals surface area contributed by atoms with Crippen LogP contribution in [0.1, 0.15) is 11.1 Å². The lowest BCUT2D eigenvalue weighted by Crippen LogP contribution is -2.36. The normalized spacial score (nSPS) is 10.0. The number of amides is 2. The highest BCUT2D eigenvalue weighted by Crippen LogP contribution is 2.17. The monoisotopic (exact) mass is 314 g/mol. The minimum atomic E-state index is -0.203. The molecule has 122 valence electrons. The third-order valence-corrected chi connectivity index (χ3v) is 3.50. The summed E-state index contributed by atoms with van der Waals surface area (Å²) in [6.07, 6.45) is 0.714. The highest BCUT2D eigenvalue weighted by Gasteiger charge is 2.05. The van der Waals surface area contributed by atoms with Gasteiger partial charge in [-0.15, -0.1) is 0 Å². The molecule has 0 atom stereocenters. The number of urea groups is 1. The van der Waals surface area contributed by atoms with Crippen molar-refractivity contribution in [1.29, 1.82) is 0 Å². The van der Waals surface area contributed by atoms with E-state index in [4.69, 9.17) is 9.47 Å². The number of carbonyl (C=O) groups excluding carboxylic acids is 1. The standard InChI is InChI=1S/C18H22N2O3/c1-22-16-9-5-3-7-14(16)11-12-19-18(21)20-13-15-8-4-6-10-17(15)23-2/h3-10H,11-13H2,1-2H3,(H2,19,20,21). The molecule has 2 amide bonds. The van der Waals surface area contributed by atoms with Gasteiger partial charge in [0.1, 0.15) is 11.5 Å². The quantitative estimate of drug-likeness (QED) is 0.826. The Morgan fingerprint density at radius 2 is 1.43 bits per heavy atom. The third kappa shape index (κ3) is 4.92. The number of para-hydroxylation sites is 2. The van der Waals surface area contributed by atoms with Gasteiger partial charge in [-0.1, -0.05) is 36.4 Å². The second-order valence-corrected chi connectivity index (χ2v) is 4.98. The Kier molecular flexibility index (Phi) is 6.29. The Morgan fingerprint density at radius 1 is 0.870 bits per heavy atom. The van der Waals surface area contributed by atoms with Crippen molar-refractivity contribution in [2.24, 2.45) is 0 Å². The molecule has 0 fully saturated rings. The number of carbonyl (C=O) groups is 1. The maximum Gasteiger partial charge on any atom is 0.315 e. The fourth-order valence-corrected chi connectivity index (χ4v) is 2.31. The molecular weight excluding hydrogens is 292 g/mol. The molecule has 0 aliphatic rings. The average Bonchev–Trinajstić information content (AvgIpc) is 2.60. The summed E-state index contributed by atoms with van der Waals surface area (Å²) in [5.74, 6) is 1.60. The van der Waals surface area contributed by atoms with Crippen LogP contribution in [-0.2, 0) is 13.0 Å². The molecule has 0 saturated heterocycles. The van der Waals surface area contributed by atoms with Gasteiger partial charge < -0.3 is 20.1 Å². The lowest BCUT2D eigenvalue weighted by Gasteiger charge is -2.11. The predicted molar refractivity (Wildman–Crippen MR) is 89.9 cm³/mol. The highest BCUT2D eigenvalue weighted by molar-refractivity contribution is 5.73. The van der Waals surface area contributed by atoms with E-state index >= 15 is 0 Å². The van der Waals surface area contributed by atoms with Crippen molar-refractivity contribution in [3.05, 3.63) is 59.7 Å². The zero-order chi connectivity index (χ0) is 16.5. The molecular formula is C18H22N2O3. The Hall–Kier alpha value is -2.69. The first-order valence-corrected chi connectivity index (χ1v) is 7.50. The Morgan fingerprint density at radius 3 is 2.09 bits per heavy atom. The molecule has 2 N–H and O–H groups in total. The molecule has 0 aliphatic heterocycles. The average molecular weight is 314 g/mol. The number of methoxy groups -OCH3 is 2. The molecule has 0 heterocycles. The van der Waals surface area contributed by atoms with E-state index in [1.165, 1.54) is 0 Å². The summed E-state index contributed by atoms with van der Waals surface area (Å²) in [6.45, 7) is 0.961. The zero-order valence-electron chi connectivity index (χ0n) is 13.5. The molecule has 0 unspecified atom stereocenters. The van der Waals surface area contributed by atoms with E-state index in [0.717, 1.165) is 22.6 Å². The van der Waals surface area contributed by atoms with Crippen LogP contribution in [0.4, 0.5) is 4.79 Å². The maximum atomic E-state index is 11.9. The second-order valence-electron chi connectivity index (χ2n) is 4.98. The molecule has 0 radical (unpaired) electrons. The molecule has 0 saturated carbocycles. The Labute approximate surface area is 136 Å². The van der Waals surface area contributed by atoms with Crippen molar-refractivity contribution in [3.63, 3.8) is 0 Å². The molecule has 23 heavy (non-hydrogen) atoms. The van der Waals surface area contributed by atoms with Gasteiger partial charge in [-0.2, -0.15) is 0 Å². The molecule has 2 aromatic carbocycles. The summed E-state index contributed by atoms with van der Waals surface area (Å²) in [4.78, 5) is 11.9. The summed E-state index contributed by atoms with van der Waals surface area (Å²) in [5.41, 5.74) is 2.01. The van der Waals surface area contributed by atoms with Crippen LogP contribution in [0.15, 0.2) is 48.5 Å². The number of rotatable bonds is 7. The fraction of sp³-hybridized carbons (Fsp3) is 0.278. The van der Waals surface area contributed by atoms with Gasteiger partial charge in [0.15, 0.2) is 0 Å². The van der Waals surface area contributed by atoms with E-state index in [1.807, 2.05) is 48.5 Å². The van der Waals surface area contributed by atoms with Crippen LogP contribution in [0, 0.1) is 0 Å². The molecule has 2 aromatic rings. The topological polar surface area (TPSA) is 59.6 Å². The summed E-state index contributed by atoms with van der Waals surface area (Å²) >= 11 is 0. The van der Waals surface area contributed by atoms with Gasteiger partial charge in [-0.25, -0.2) is 4.79 Å². The van der Waals surface area contributed by atoms with Crippen molar-refractivity contribution in [2.45, 2.75) is 13.0 Å². The van der Waals surface area contributed by atoms with Crippen LogP contribution in [-0.4, -0.2) is 26.8 Å². The van der Waals surface area contributed by atoms with Gasteiger partial charge in [-0.3, -0.25) is 0 Å². The first-order valence-electron chi connectivity index (χ1n) is 7.50. The van der Waals surface area contributed by atoms with Gasteiger partial charge in [0.05, 0.1) is 14.2 Å². The fourth-order valence-electron chi connectivity index (χ4n) is 2.31. The van der Waals surface area contributed by atoms with Gasteiger partial charge >= 0.3 is 6.03 Å². The summed E-state index contributed by atoms with van der Waals surface area (Å²) in [5, 5.41) is 5.67.